The topological polar surface area (TPSA) is 49.9 Å². The van der Waals surface area contributed by atoms with Crippen LogP contribution in [-0.4, -0.2) is 67.4 Å². The zero-order chi connectivity index (χ0) is 27.4. The van der Waals surface area contributed by atoms with Gasteiger partial charge in [0.1, 0.15) is 12.9 Å². The molecule has 1 amide bonds. The van der Waals surface area contributed by atoms with E-state index in [1.165, 1.54) is 4.90 Å². The van der Waals surface area contributed by atoms with Crippen LogP contribution in [0.5, 0.6) is 0 Å². The first-order chi connectivity index (χ1) is 17.3. The molecule has 2 aromatic rings. The smallest absolute Gasteiger partial charge is 0.373 e. The molecule has 1 saturated heterocycles. The summed E-state index contributed by atoms with van der Waals surface area (Å²) in [5, 5.41) is 0. The molecule has 0 saturated carbocycles. The molecule has 2 aromatic carbocycles. The third-order valence-electron chi connectivity index (χ3n) is 6.44. The maximum absolute atomic E-state index is 13.4. The maximum Gasteiger partial charge on any atom is 0.416 e. The Morgan fingerprint density at radius 1 is 0.973 bits per heavy atom. The lowest BCUT2D eigenvalue weighted by molar-refractivity contribution is -0.143. The van der Waals surface area contributed by atoms with E-state index in [-0.39, 0.29) is 25.8 Å². The Bertz CT molecular complexity index is 1080. The van der Waals surface area contributed by atoms with Crippen LogP contribution >= 0.6 is 0 Å². The molecule has 37 heavy (non-hydrogen) atoms. The fourth-order valence-electron chi connectivity index (χ4n) is 4.34. The molecule has 0 bridgehead atoms. The van der Waals surface area contributed by atoms with Crippen LogP contribution in [0.4, 0.5) is 26.3 Å². The number of hydrogen-bond acceptors (Lipinski definition) is 4. The maximum atomic E-state index is 13.4. The van der Waals surface area contributed by atoms with Gasteiger partial charge in [-0.3, -0.25) is 9.69 Å². The van der Waals surface area contributed by atoms with Gasteiger partial charge in [-0.05, 0) is 55.2 Å². The summed E-state index contributed by atoms with van der Waals surface area (Å²) in [5.74, 6) is -0.887. The first-order valence-electron chi connectivity index (χ1n) is 11.7. The molecule has 0 spiro atoms. The normalized spacial score (nSPS) is 17.2. The molecule has 0 aromatic heterocycles. The van der Waals surface area contributed by atoms with Crippen molar-refractivity contribution in [2.45, 2.75) is 38.7 Å². The van der Waals surface area contributed by atoms with E-state index in [2.05, 4.69) is 0 Å². The molecule has 1 fully saturated rings. The highest BCUT2D eigenvalue weighted by Crippen LogP contribution is 2.37. The number of benzene rings is 2. The van der Waals surface area contributed by atoms with E-state index in [0.717, 1.165) is 16.7 Å². The van der Waals surface area contributed by atoms with E-state index < -0.39 is 41.0 Å². The van der Waals surface area contributed by atoms with Crippen molar-refractivity contribution in [2.24, 2.45) is 0 Å². The van der Waals surface area contributed by atoms with E-state index in [0.29, 0.717) is 44.5 Å². The van der Waals surface area contributed by atoms with Crippen LogP contribution in [0.3, 0.4) is 0 Å². The summed E-state index contributed by atoms with van der Waals surface area (Å²) in [6.45, 7) is 5.36. The fourth-order valence-corrected chi connectivity index (χ4v) is 4.34. The third-order valence-corrected chi connectivity index (χ3v) is 6.44. The Balaban J connectivity index is 1.92. The predicted octanol–water partition coefficient (Wildman–Crippen LogP) is 4.93. The standard InChI is InChI=1S/C26H28F6N2O3/c1-17-3-4-19(11-18(17)2)12-23-16-33(7-9-37-10-8-35)5-6-34(23)24(36)20-13-21(25(27,28)29)15-22(14-20)26(30,31)32/h3-4,8,11,13-15,23H,5-7,9-10,12,16H2,1-2H3/t23-/m1/s1. The third kappa shape index (κ3) is 7.54. The van der Waals surface area contributed by atoms with Crippen LogP contribution in [0.15, 0.2) is 36.4 Å². The molecule has 0 N–H and O–H groups in total. The quantitative estimate of drug-likeness (QED) is 0.276. The fraction of sp³-hybridized carbons (Fsp3) is 0.462. The van der Waals surface area contributed by atoms with Crippen molar-refractivity contribution in [3.05, 3.63) is 69.8 Å². The lowest BCUT2D eigenvalue weighted by atomic mass is 9.97. The molecule has 1 atom stereocenters. The molecule has 3 rings (SSSR count). The number of hydrogen-bond donors (Lipinski definition) is 0. The van der Waals surface area contributed by atoms with Crippen molar-refractivity contribution in [3.8, 4) is 0 Å². The number of ether oxygens (including phenoxy) is 1. The monoisotopic (exact) mass is 530 g/mol. The minimum Gasteiger partial charge on any atom is -0.373 e. The van der Waals surface area contributed by atoms with E-state index in [4.69, 9.17) is 4.74 Å². The lowest BCUT2D eigenvalue weighted by Crippen LogP contribution is -2.56. The molecule has 1 aliphatic rings. The van der Waals surface area contributed by atoms with Crippen LogP contribution < -0.4 is 0 Å². The molecule has 0 aliphatic carbocycles. The molecule has 5 nitrogen and oxygen atoms in total. The van der Waals surface area contributed by atoms with Crippen LogP contribution in [0.2, 0.25) is 0 Å². The van der Waals surface area contributed by atoms with Gasteiger partial charge in [-0.15, -0.1) is 0 Å². The number of rotatable bonds is 8. The Kier molecular flexibility index (Phi) is 9.01. The van der Waals surface area contributed by atoms with Crippen molar-refractivity contribution in [2.75, 3.05) is 39.4 Å². The van der Waals surface area contributed by atoms with E-state index in [9.17, 15) is 35.9 Å². The Morgan fingerprint density at radius 2 is 1.62 bits per heavy atom. The van der Waals surface area contributed by atoms with Gasteiger partial charge >= 0.3 is 12.4 Å². The number of amides is 1. The van der Waals surface area contributed by atoms with Gasteiger partial charge < -0.3 is 14.4 Å². The summed E-state index contributed by atoms with van der Waals surface area (Å²) in [7, 11) is 0. The highest BCUT2D eigenvalue weighted by molar-refractivity contribution is 5.95. The minimum atomic E-state index is -5.05. The largest absolute Gasteiger partial charge is 0.416 e. The van der Waals surface area contributed by atoms with Gasteiger partial charge in [-0.25, -0.2) is 0 Å². The molecular formula is C26H28F6N2O3. The van der Waals surface area contributed by atoms with Crippen LogP contribution in [-0.2, 0) is 28.3 Å². The summed E-state index contributed by atoms with van der Waals surface area (Å²) in [4.78, 5) is 27.2. The van der Waals surface area contributed by atoms with Crippen LogP contribution in [0.25, 0.3) is 0 Å². The van der Waals surface area contributed by atoms with Gasteiger partial charge in [0, 0.05) is 37.8 Å². The van der Waals surface area contributed by atoms with E-state index in [1.807, 2.05) is 36.9 Å². The number of aldehydes is 1. The second kappa shape index (κ2) is 11.6. The molecule has 0 radical (unpaired) electrons. The van der Waals surface area contributed by atoms with Gasteiger partial charge in [-0.1, -0.05) is 18.2 Å². The van der Waals surface area contributed by atoms with E-state index in [1.54, 1.807) is 0 Å². The molecule has 1 aliphatic heterocycles. The number of piperazine rings is 1. The average molecular weight is 531 g/mol. The average Bonchev–Trinajstić information content (AvgIpc) is 2.82. The Labute approximate surface area is 211 Å². The van der Waals surface area contributed by atoms with E-state index >= 15 is 0 Å². The van der Waals surface area contributed by atoms with Crippen molar-refractivity contribution in [1.82, 2.24) is 9.80 Å². The van der Waals surface area contributed by atoms with Crippen molar-refractivity contribution >= 4 is 12.2 Å². The van der Waals surface area contributed by atoms with Gasteiger partial charge in [0.25, 0.3) is 5.91 Å². The summed E-state index contributed by atoms with van der Waals surface area (Å²) in [5.41, 5.74) is -0.722. The summed E-state index contributed by atoms with van der Waals surface area (Å²) in [6, 6.07) is 6.24. The second-order valence-corrected chi connectivity index (χ2v) is 9.11. The van der Waals surface area contributed by atoms with Gasteiger partial charge in [-0.2, -0.15) is 26.3 Å². The summed E-state index contributed by atoms with van der Waals surface area (Å²) < 4.78 is 85.4. The molecule has 1 heterocycles. The number of aryl methyl sites for hydroxylation is 2. The Hall–Kier alpha value is -2.92. The van der Waals surface area contributed by atoms with Gasteiger partial charge in [0.2, 0.25) is 0 Å². The number of nitrogens with zero attached hydrogens (tertiary/aromatic N) is 2. The van der Waals surface area contributed by atoms with Crippen LogP contribution in [0, 0.1) is 13.8 Å². The first kappa shape index (κ1) is 28.6. The first-order valence-corrected chi connectivity index (χ1v) is 11.7. The zero-order valence-corrected chi connectivity index (χ0v) is 20.5. The van der Waals surface area contributed by atoms with Crippen molar-refractivity contribution in [1.29, 1.82) is 0 Å². The van der Waals surface area contributed by atoms with Crippen molar-refractivity contribution < 1.29 is 40.7 Å². The molecule has 11 heteroatoms. The van der Waals surface area contributed by atoms with Gasteiger partial charge in [0.15, 0.2) is 0 Å². The zero-order valence-electron chi connectivity index (χ0n) is 20.5. The van der Waals surface area contributed by atoms with Crippen molar-refractivity contribution in [3.63, 3.8) is 0 Å². The summed E-state index contributed by atoms with van der Waals surface area (Å²) >= 11 is 0. The molecule has 202 valence electrons. The predicted molar refractivity (Wildman–Crippen MR) is 124 cm³/mol. The number of halogens is 6. The van der Waals surface area contributed by atoms with Gasteiger partial charge in [0.05, 0.1) is 17.7 Å². The highest BCUT2D eigenvalue weighted by atomic mass is 19.4. The number of alkyl halides is 6. The number of carbonyl (C=O) groups excluding carboxylic acids is 2. The summed E-state index contributed by atoms with van der Waals surface area (Å²) in [6.07, 6.45) is -9.10. The number of carbonyl (C=O) groups is 2. The minimum absolute atomic E-state index is 0.0145. The second-order valence-electron chi connectivity index (χ2n) is 9.11. The highest BCUT2D eigenvalue weighted by Gasteiger charge is 2.39. The van der Waals surface area contributed by atoms with Crippen LogP contribution in [0.1, 0.15) is 38.2 Å². The Morgan fingerprint density at radius 3 is 2.19 bits per heavy atom. The lowest BCUT2D eigenvalue weighted by Gasteiger charge is -2.42. The SMILES string of the molecule is Cc1ccc(C[C@@H]2CN(CCOCC=O)CCN2C(=O)c2cc(C(F)(F)F)cc(C(F)(F)F)c2)cc1C. The molecule has 0 unspecified atom stereocenters. The molecular weight excluding hydrogens is 502 g/mol.